The highest BCUT2D eigenvalue weighted by Crippen LogP contribution is 2.26. The standard InChI is InChI=1S/C18H15F2N5O2S2/c1-8-15-16(10-3-4-14(27-2)23-17(10)22-8)25(18(26)24-15)7-11-12(19)5-9(29(21)28)6-13(11)20/h3-6H,7,21H2,1-2H3,(H,24,26). The van der Waals surface area contributed by atoms with E-state index >= 15 is 0 Å². The van der Waals surface area contributed by atoms with Crippen molar-refractivity contribution in [3.63, 3.8) is 0 Å². The average molecular weight is 435 g/mol. The first kappa shape index (κ1) is 19.6. The molecule has 0 saturated heterocycles. The molecule has 1 aromatic carbocycles. The smallest absolute Gasteiger partial charge is 0.326 e. The molecule has 3 N–H and O–H groups in total. The summed E-state index contributed by atoms with van der Waals surface area (Å²) in [4.78, 5) is 24.2. The van der Waals surface area contributed by atoms with Gasteiger partial charge in [-0.3, -0.25) is 9.71 Å². The molecule has 150 valence electrons. The van der Waals surface area contributed by atoms with Gasteiger partial charge in [0, 0.05) is 21.9 Å². The van der Waals surface area contributed by atoms with Crippen LogP contribution in [0, 0.1) is 18.6 Å². The molecule has 7 nitrogen and oxygen atoms in total. The van der Waals surface area contributed by atoms with Crippen LogP contribution in [0.2, 0.25) is 0 Å². The lowest BCUT2D eigenvalue weighted by molar-refractivity contribution is 0.399. The lowest BCUT2D eigenvalue weighted by Gasteiger charge is -2.10. The number of ether oxygens (including phenoxy) is 1. The number of aromatic nitrogens is 4. The molecule has 1 atom stereocenters. The molecule has 0 aliphatic heterocycles. The lowest BCUT2D eigenvalue weighted by Crippen LogP contribution is -2.19. The third-order valence-electron chi connectivity index (χ3n) is 4.60. The van der Waals surface area contributed by atoms with Crippen molar-refractivity contribution < 1.29 is 13.5 Å². The molecule has 0 bridgehead atoms. The quantitative estimate of drug-likeness (QED) is 0.510. The minimum atomic E-state index is -1.20. The summed E-state index contributed by atoms with van der Waals surface area (Å²) in [6.07, 6.45) is 0. The van der Waals surface area contributed by atoms with Crippen molar-refractivity contribution >= 4 is 42.9 Å². The van der Waals surface area contributed by atoms with E-state index in [1.54, 1.807) is 19.1 Å². The van der Waals surface area contributed by atoms with Crippen molar-refractivity contribution in [2.45, 2.75) is 18.4 Å². The molecule has 3 aromatic heterocycles. The Kier molecular flexibility index (Phi) is 4.89. The molecule has 0 aliphatic rings. The molecule has 1 unspecified atom stereocenters. The predicted octanol–water partition coefficient (Wildman–Crippen LogP) is 2.23. The van der Waals surface area contributed by atoms with Gasteiger partial charge in [0.2, 0.25) is 5.88 Å². The fraction of sp³-hybridized carbons (Fsp3) is 0.167. The monoisotopic (exact) mass is 435 g/mol. The highest BCUT2D eigenvalue weighted by molar-refractivity contribution is 8.27. The van der Waals surface area contributed by atoms with Gasteiger partial charge in [-0.1, -0.05) is 0 Å². The third kappa shape index (κ3) is 3.30. The Bertz CT molecular complexity index is 1340. The summed E-state index contributed by atoms with van der Waals surface area (Å²) in [7, 11) is 0.285. The van der Waals surface area contributed by atoms with Gasteiger partial charge in [-0.15, -0.1) is 0 Å². The second kappa shape index (κ2) is 7.25. The summed E-state index contributed by atoms with van der Waals surface area (Å²) in [6.45, 7) is 1.39. The van der Waals surface area contributed by atoms with E-state index in [0.717, 1.165) is 12.1 Å². The number of aromatic amines is 1. The van der Waals surface area contributed by atoms with Crippen molar-refractivity contribution in [2.24, 2.45) is 5.14 Å². The summed E-state index contributed by atoms with van der Waals surface area (Å²) in [5.41, 5.74) is 1.04. The van der Waals surface area contributed by atoms with Gasteiger partial charge in [0.15, 0.2) is 5.65 Å². The molecule has 0 saturated carbocycles. The van der Waals surface area contributed by atoms with Crippen LogP contribution < -0.4 is 15.6 Å². The van der Waals surface area contributed by atoms with Crippen LogP contribution in [0.4, 0.5) is 8.78 Å². The topological polar surface area (TPSA) is 98.8 Å². The molecule has 0 spiro atoms. The van der Waals surface area contributed by atoms with E-state index in [1.165, 1.54) is 11.7 Å². The normalized spacial score (nSPS) is 12.6. The number of hydrogen-bond donors (Lipinski definition) is 2. The summed E-state index contributed by atoms with van der Waals surface area (Å²) >= 11 is 4.88. The number of H-pyrrole nitrogens is 1. The van der Waals surface area contributed by atoms with E-state index in [9.17, 15) is 13.6 Å². The Labute approximate surface area is 170 Å². The molecule has 0 fully saturated rings. The molecule has 4 aromatic rings. The molecule has 11 heteroatoms. The number of benzene rings is 1. The Morgan fingerprint density at radius 3 is 2.59 bits per heavy atom. The summed E-state index contributed by atoms with van der Waals surface area (Å²) in [5.74, 6) is -1.27. The van der Waals surface area contributed by atoms with Gasteiger partial charge in [0.1, 0.15) is 11.6 Å². The number of rotatable bonds is 4. The number of imidazole rings is 1. The number of aryl methyl sites for hydroxylation is 1. The number of halogens is 2. The van der Waals surface area contributed by atoms with Crippen LogP contribution in [0.3, 0.4) is 0 Å². The zero-order valence-electron chi connectivity index (χ0n) is 15.3. The maximum Gasteiger partial charge on any atom is 0.326 e. The SMILES string of the molecule is COc1ccc2c(n1)nc(C)c1[nH]c(=O)n(Cc3c(F)cc(S(N)=S)cc3F)c12. The van der Waals surface area contributed by atoms with Gasteiger partial charge in [0.05, 0.1) is 30.4 Å². The van der Waals surface area contributed by atoms with Crippen molar-refractivity contribution in [2.75, 3.05) is 7.11 Å². The summed E-state index contributed by atoms with van der Waals surface area (Å²) < 4.78 is 35.5. The maximum absolute atomic E-state index is 14.6. The summed E-state index contributed by atoms with van der Waals surface area (Å²) in [6, 6.07) is 5.53. The van der Waals surface area contributed by atoms with Gasteiger partial charge in [-0.25, -0.2) is 18.6 Å². The number of nitrogens with two attached hydrogens (primary N) is 1. The second-order valence-corrected chi connectivity index (χ2v) is 8.47. The van der Waals surface area contributed by atoms with Crippen molar-refractivity contribution in [1.29, 1.82) is 0 Å². The number of pyridine rings is 2. The van der Waals surface area contributed by atoms with Crippen LogP contribution in [0.25, 0.3) is 22.1 Å². The van der Waals surface area contributed by atoms with Crippen molar-refractivity contribution in [3.8, 4) is 5.88 Å². The highest BCUT2D eigenvalue weighted by Gasteiger charge is 2.19. The Hall–Kier alpha value is -2.76. The average Bonchev–Trinajstić information content (AvgIpc) is 3.01. The maximum atomic E-state index is 14.6. The zero-order chi connectivity index (χ0) is 20.9. The third-order valence-corrected chi connectivity index (χ3v) is 5.87. The Balaban J connectivity index is 1.96. The van der Waals surface area contributed by atoms with Gasteiger partial charge in [-0.05, 0) is 46.0 Å². The second-order valence-electron chi connectivity index (χ2n) is 6.32. The Morgan fingerprint density at radius 1 is 1.28 bits per heavy atom. The highest BCUT2D eigenvalue weighted by atomic mass is 32.8. The number of methoxy groups -OCH3 is 1. The van der Waals surface area contributed by atoms with Gasteiger partial charge < -0.3 is 9.72 Å². The first-order chi connectivity index (χ1) is 13.8. The minimum Gasteiger partial charge on any atom is -0.481 e. The molecule has 3 heterocycles. The number of fused-ring (bicyclic) bond motifs is 3. The minimum absolute atomic E-state index is 0.187. The Morgan fingerprint density at radius 2 is 1.97 bits per heavy atom. The zero-order valence-corrected chi connectivity index (χ0v) is 17.0. The van der Waals surface area contributed by atoms with Crippen LogP contribution in [0.15, 0.2) is 34.0 Å². The molecule has 4 rings (SSSR count). The summed E-state index contributed by atoms with van der Waals surface area (Å²) in [5, 5.41) is 6.12. The number of nitrogens with one attached hydrogen (secondary N) is 1. The molecule has 0 amide bonds. The van der Waals surface area contributed by atoms with Gasteiger partial charge in [0.25, 0.3) is 0 Å². The van der Waals surface area contributed by atoms with E-state index in [-0.39, 0.29) is 17.0 Å². The van der Waals surface area contributed by atoms with Crippen LogP contribution in [-0.4, -0.2) is 26.6 Å². The first-order valence-electron chi connectivity index (χ1n) is 8.38. The van der Waals surface area contributed by atoms with E-state index in [2.05, 4.69) is 15.0 Å². The fourth-order valence-electron chi connectivity index (χ4n) is 3.20. The largest absolute Gasteiger partial charge is 0.481 e. The van der Waals surface area contributed by atoms with Crippen molar-refractivity contribution in [3.05, 3.63) is 57.6 Å². The van der Waals surface area contributed by atoms with Crippen LogP contribution in [0.5, 0.6) is 5.88 Å². The number of hydrogen-bond acceptors (Lipinski definition) is 5. The van der Waals surface area contributed by atoms with Crippen molar-refractivity contribution in [1.82, 2.24) is 19.5 Å². The van der Waals surface area contributed by atoms with E-state index in [4.69, 9.17) is 21.1 Å². The van der Waals surface area contributed by atoms with E-state index in [0.29, 0.717) is 33.6 Å². The predicted molar refractivity (Wildman–Crippen MR) is 110 cm³/mol. The lowest BCUT2D eigenvalue weighted by atomic mass is 10.1. The van der Waals surface area contributed by atoms with Gasteiger partial charge in [-0.2, -0.15) is 4.98 Å². The van der Waals surface area contributed by atoms with Crippen LogP contribution in [0.1, 0.15) is 11.3 Å². The van der Waals surface area contributed by atoms with Gasteiger partial charge >= 0.3 is 5.69 Å². The molecular formula is C18H15F2N5O2S2. The van der Waals surface area contributed by atoms with E-state index < -0.39 is 27.0 Å². The van der Waals surface area contributed by atoms with Crippen LogP contribution >= 0.6 is 0 Å². The molecular weight excluding hydrogens is 420 g/mol. The first-order valence-corrected chi connectivity index (χ1v) is 10.6. The molecule has 0 radical (unpaired) electrons. The number of nitrogens with zero attached hydrogens (tertiary/aromatic N) is 3. The van der Waals surface area contributed by atoms with E-state index in [1.807, 2.05) is 0 Å². The fourth-order valence-corrected chi connectivity index (χ4v) is 3.93. The molecule has 29 heavy (non-hydrogen) atoms. The van der Waals surface area contributed by atoms with Crippen LogP contribution in [-0.2, 0) is 27.4 Å². The molecule has 0 aliphatic carbocycles.